The zero-order valence-electron chi connectivity index (χ0n) is 13.6. The molecule has 0 unspecified atom stereocenters. The first-order valence-electron chi connectivity index (χ1n) is 8.07. The van der Waals surface area contributed by atoms with Crippen molar-refractivity contribution >= 4 is 27.8 Å². The minimum absolute atomic E-state index is 0.128. The van der Waals surface area contributed by atoms with Crippen LogP contribution >= 0.6 is 0 Å². The molecule has 3 rings (SSSR count). The van der Waals surface area contributed by atoms with Gasteiger partial charge in [-0.15, -0.1) is 0 Å². The molecule has 0 atom stereocenters. The van der Waals surface area contributed by atoms with Gasteiger partial charge in [-0.3, -0.25) is 0 Å². The summed E-state index contributed by atoms with van der Waals surface area (Å²) in [4.78, 5) is 18.4. The number of carbonyl (C=O) groups excluding carboxylic acids is 1. The Kier molecular flexibility index (Phi) is 4.65. The number of nitrogens with zero attached hydrogens (tertiary/aromatic N) is 1. The molecule has 0 bridgehead atoms. The Bertz CT molecular complexity index is 916. The fourth-order valence-corrected chi connectivity index (χ4v) is 2.75. The molecular weight excluding hydrogens is 333 g/mol. The van der Waals surface area contributed by atoms with Crippen molar-refractivity contribution in [3.05, 3.63) is 41.7 Å². The van der Waals surface area contributed by atoms with Gasteiger partial charge in [-0.25, -0.2) is 9.78 Å². The predicted molar refractivity (Wildman–Crippen MR) is 88.4 cm³/mol. The number of halogens is 3. The Balaban J connectivity index is 2.07. The second-order valence-electron chi connectivity index (χ2n) is 5.79. The first kappa shape index (κ1) is 17.3. The van der Waals surface area contributed by atoms with Crippen molar-refractivity contribution in [1.29, 1.82) is 0 Å². The normalized spacial score (nSPS) is 12.0. The number of alkyl halides is 3. The molecule has 0 aliphatic carbocycles. The highest BCUT2D eigenvalue weighted by Crippen LogP contribution is 2.36. The van der Waals surface area contributed by atoms with Crippen LogP contribution in [0.15, 0.2) is 30.3 Å². The molecule has 3 aromatic rings. The number of H-pyrrole nitrogens is 1. The third-order valence-electron chi connectivity index (χ3n) is 3.96. The molecule has 25 heavy (non-hydrogen) atoms. The van der Waals surface area contributed by atoms with Gasteiger partial charge < -0.3 is 9.72 Å². The van der Waals surface area contributed by atoms with Crippen molar-refractivity contribution in [2.45, 2.75) is 32.4 Å². The topological polar surface area (TPSA) is 55.0 Å². The van der Waals surface area contributed by atoms with E-state index in [0.717, 1.165) is 12.8 Å². The van der Waals surface area contributed by atoms with Crippen LogP contribution in [0, 0.1) is 0 Å². The number of aromatic nitrogens is 2. The lowest BCUT2D eigenvalue weighted by Gasteiger charge is -2.10. The maximum atomic E-state index is 13.4. The summed E-state index contributed by atoms with van der Waals surface area (Å²) in [6.07, 6.45) is -2.17. The first-order valence-corrected chi connectivity index (χ1v) is 8.07. The highest BCUT2D eigenvalue weighted by atomic mass is 19.4. The number of aromatic amines is 1. The number of hydrogen-bond acceptors (Lipinski definition) is 3. The Morgan fingerprint density at radius 2 is 1.96 bits per heavy atom. The number of unbranched alkanes of at least 4 members (excludes halogenated alkanes) is 2. The monoisotopic (exact) mass is 350 g/mol. The number of carbonyl (C=O) groups is 1. The Labute approximate surface area is 142 Å². The number of fused-ring (bicyclic) bond motifs is 3. The minimum atomic E-state index is -4.68. The molecule has 0 aliphatic heterocycles. The molecular formula is C18H17F3N2O2. The van der Waals surface area contributed by atoms with Crippen LogP contribution in [-0.4, -0.2) is 22.5 Å². The van der Waals surface area contributed by atoms with Gasteiger partial charge in [0.1, 0.15) is 5.69 Å². The second kappa shape index (κ2) is 6.74. The fourth-order valence-electron chi connectivity index (χ4n) is 2.75. The van der Waals surface area contributed by atoms with Crippen LogP contribution < -0.4 is 0 Å². The van der Waals surface area contributed by atoms with E-state index in [1.807, 2.05) is 6.92 Å². The minimum Gasteiger partial charge on any atom is -0.461 e. The van der Waals surface area contributed by atoms with Crippen molar-refractivity contribution in [3.63, 3.8) is 0 Å². The average molecular weight is 350 g/mol. The van der Waals surface area contributed by atoms with E-state index in [0.29, 0.717) is 22.7 Å². The van der Waals surface area contributed by atoms with Gasteiger partial charge in [-0.05, 0) is 18.6 Å². The number of benzene rings is 1. The number of nitrogens with one attached hydrogen (secondary N) is 1. The summed E-state index contributed by atoms with van der Waals surface area (Å²) in [5.74, 6) is -0.839. The number of hydrogen-bond donors (Lipinski definition) is 1. The maximum Gasteiger partial charge on any atom is 0.435 e. The van der Waals surface area contributed by atoms with Crippen molar-refractivity contribution < 1.29 is 22.7 Å². The molecule has 0 spiro atoms. The van der Waals surface area contributed by atoms with Gasteiger partial charge in [0.2, 0.25) is 0 Å². The van der Waals surface area contributed by atoms with E-state index in [9.17, 15) is 18.0 Å². The van der Waals surface area contributed by atoms with Gasteiger partial charge in [0, 0.05) is 16.3 Å². The Hall–Kier alpha value is -2.57. The smallest absolute Gasteiger partial charge is 0.435 e. The largest absolute Gasteiger partial charge is 0.461 e. The number of esters is 1. The van der Waals surface area contributed by atoms with Crippen LogP contribution in [0.1, 0.15) is 42.4 Å². The van der Waals surface area contributed by atoms with E-state index in [1.165, 1.54) is 6.07 Å². The van der Waals surface area contributed by atoms with E-state index < -0.39 is 17.8 Å². The lowest BCUT2D eigenvalue weighted by atomic mass is 10.1. The van der Waals surface area contributed by atoms with Crippen molar-refractivity contribution in [2.24, 2.45) is 0 Å². The van der Waals surface area contributed by atoms with Gasteiger partial charge in [0.15, 0.2) is 5.69 Å². The molecule has 2 aromatic heterocycles. The summed E-state index contributed by atoms with van der Waals surface area (Å²) in [7, 11) is 0. The third kappa shape index (κ3) is 3.45. The zero-order chi connectivity index (χ0) is 18.0. The molecule has 0 amide bonds. The SMILES string of the molecule is CCCCCOC(=O)c1cc2c([nH]c3ccccc32)c(C(F)(F)F)n1. The van der Waals surface area contributed by atoms with Gasteiger partial charge in [0.05, 0.1) is 12.1 Å². The van der Waals surface area contributed by atoms with E-state index in [4.69, 9.17) is 4.74 Å². The van der Waals surface area contributed by atoms with Crippen LogP contribution in [0.25, 0.3) is 21.8 Å². The second-order valence-corrected chi connectivity index (χ2v) is 5.79. The average Bonchev–Trinajstić information content (AvgIpc) is 2.95. The van der Waals surface area contributed by atoms with Gasteiger partial charge in [-0.1, -0.05) is 38.0 Å². The number of rotatable bonds is 5. The molecule has 0 saturated heterocycles. The Morgan fingerprint density at radius 3 is 2.68 bits per heavy atom. The molecule has 0 radical (unpaired) electrons. The maximum absolute atomic E-state index is 13.4. The molecule has 132 valence electrons. The highest BCUT2D eigenvalue weighted by molar-refractivity contribution is 6.09. The van der Waals surface area contributed by atoms with Crippen molar-refractivity contribution in [2.75, 3.05) is 6.61 Å². The summed E-state index contributed by atoms with van der Waals surface area (Å²) >= 11 is 0. The summed E-state index contributed by atoms with van der Waals surface area (Å²) in [6.45, 7) is 2.17. The lowest BCUT2D eigenvalue weighted by molar-refractivity contribution is -0.139. The lowest BCUT2D eigenvalue weighted by Crippen LogP contribution is -2.15. The van der Waals surface area contributed by atoms with Crippen LogP contribution in [0.5, 0.6) is 0 Å². The molecule has 0 aliphatic rings. The first-order chi connectivity index (χ1) is 11.9. The molecule has 0 fully saturated rings. The van der Waals surface area contributed by atoms with Gasteiger partial charge >= 0.3 is 12.1 Å². The van der Waals surface area contributed by atoms with Crippen LogP contribution in [0.4, 0.5) is 13.2 Å². The van der Waals surface area contributed by atoms with Gasteiger partial charge in [0.25, 0.3) is 0 Å². The van der Waals surface area contributed by atoms with Gasteiger partial charge in [-0.2, -0.15) is 13.2 Å². The van der Waals surface area contributed by atoms with Crippen LogP contribution in [-0.2, 0) is 10.9 Å². The third-order valence-corrected chi connectivity index (χ3v) is 3.96. The standard InChI is InChI=1S/C18H17F3N2O2/c1-2-3-6-9-25-17(24)14-10-12-11-7-4-5-8-13(11)22-15(12)16(23-14)18(19,20)21/h4-5,7-8,10,22H,2-3,6,9H2,1H3. The molecule has 2 heterocycles. The summed E-state index contributed by atoms with van der Waals surface area (Å²) in [5.41, 5.74) is -1.02. The summed E-state index contributed by atoms with van der Waals surface area (Å²) in [5, 5.41) is 0.906. The van der Waals surface area contributed by atoms with E-state index in [-0.39, 0.29) is 17.8 Å². The quantitative estimate of drug-likeness (QED) is 0.515. The molecule has 4 nitrogen and oxygen atoms in total. The molecule has 0 saturated carbocycles. The fraction of sp³-hybridized carbons (Fsp3) is 0.333. The van der Waals surface area contributed by atoms with Crippen LogP contribution in [0.3, 0.4) is 0 Å². The number of ether oxygens (including phenoxy) is 1. The predicted octanol–water partition coefficient (Wildman–Crippen LogP) is 5.08. The number of pyridine rings is 1. The van der Waals surface area contributed by atoms with Crippen molar-refractivity contribution in [1.82, 2.24) is 9.97 Å². The van der Waals surface area contributed by atoms with E-state index in [2.05, 4.69) is 9.97 Å². The summed E-state index contributed by atoms with van der Waals surface area (Å²) < 4.78 is 45.3. The van der Waals surface area contributed by atoms with E-state index >= 15 is 0 Å². The molecule has 1 N–H and O–H groups in total. The molecule has 1 aromatic carbocycles. The molecule has 7 heteroatoms. The van der Waals surface area contributed by atoms with Crippen molar-refractivity contribution in [3.8, 4) is 0 Å². The van der Waals surface area contributed by atoms with Crippen LogP contribution in [0.2, 0.25) is 0 Å². The summed E-state index contributed by atoms with van der Waals surface area (Å²) in [6, 6.07) is 8.18. The number of para-hydroxylation sites is 1. The zero-order valence-corrected chi connectivity index (χ0v) is 13.6. The highest BCUT2D eigenvalue weighted by Gasteiger charge is 2.37. The Morgan fingerprint density at radius 1 is 1.20 bits per heavy atom. The van der Waals surface area contributed by atoms with E-state index in [1.54, 1.807) is 24.3 Å².